The van der Waals surface area contributed by atoms with Gasteiger partial charge in [0.25, 0.3) is 0 Å². The highest BCUT2D eigenvalue weighted by atomic mass is 32.2. The summed E-state index contributed by atoms with van der Waals surface area (Å²) in [6.07, 6.45) is 6.60. The first-order chi connectivity index (χ1) is 15.6. The number of thioether (sulfide) groups is 1. The minimum absolute atomic E-state index is 0.0563. The van der Waals surface area contributed by atoms with E-state index in [0.717, 1.165) is 48.9 Å². The van der Waals surface area contributed by atoms with Gasteiger partial charge in [-0.2, -0.15) is 0 Å². The monoisotopic (exact) mass is 455 g/mol. The van der Waals surface area contributed by atoms with Crippen molar-refractivity contribution in [2.75, 3.05) is 35.6 Å². The van der Waals surface area contributed by atoms with Crippen molar-refractivity contribution in [1.82, 2.24) is 15.3 Å². The first kappa shape index (κ1) is 24.0. The fraction of sp³-hybridized carbons (Fsp3) is 0.500. The molecule has 0 bridgehead atoms. The molecule has 2 aromatic rings. The molecule has 0 saturated carbocycles. The number of benzene rings is 1. The summed E-state index contributed by atoms with van der Waals surface area (Å²) in [5, 5.41) is 6.63. The molecule has 7 nitrogen and oxygen atoms in total. The van der Waals surface area contributed by atoms with Crippen LogP contribution in [0.2, 0.25) is 0 Å². The zero-order valence-corrected chi connectivity index (χ0v) is 19.8. The normalized spacial score (nSPS) is 14.2. The van der Waals surface area contributed by atoms with Crippen molar-refractivity contribution in [3.63, 3.8) is 0 Å². The van der Waals surface area contributed by atoms with E-state index in [-0.39, 0.29) is 23.5 Å². The standard InChI is InChI=1S/C24H33N5O2S/c1-3-5-6-18-7-9-20(10-8-18)28-22(30)16-32-23-15-21(26-17-27-23)29-13-11-19(12-14-29)24(31)25-4-2/h7-10,15,17,19H,3-6,11-14,16H2,1-2H3,(H,25,31)(H,28,30). The SMILES string of the molecule is CCCCc1ccc(NC(=O)CSc2cc(N3CCC(C(=O)NCC)CC3)ncn2)cc1. The molecule has 8 heteroatoms. The van der Waals surface area contributed by atoms with E-state index in [2.05, 4.69) is 44.6 Å². The molecule has 1 aromatic heterocycles. The summed E-state index contributed by atoms with van der Waals surface area (Å²) in [6.45, 7) is 6.37. The van der Waals surface area contributed by atoms with Crippen molar-refractivity contribution in [2.45, 2.75) is 51.0 Å². The molecule has 172 valence electrons. The van der Waals surface area contributed by atoms with Crippen molar-refractivity contribution in [3.8, 4) is 0 Å². The Bertz CT molecular complexity index is 882. The lowest BCUT2D eigenvalue weighted by molar-refractivity contribution is -0.125. The molecule has 1 aromatic carbocycles. The van der Waals surface area contributed by atoms with Crippen molar-refractivity contribution >= 4 is 35.1 Å². The van der Waals surface area contributed by atoms with E-state index in [1.54, 1.807) is 6.33 Å². The van der Waals surface area contributed by atoms with Crippen LogP contribution in [0.25, 0.3) is 0 Å². The van der Waals surface area contributed by atoms with Crippen LogP contribution in [0.1, 0.15) is 45.1 Å². The lowest BCUT2D eigenvalue weighted by Crippen LogP contribution is -2.40. The molecule has 2 N–H and O–H groups in total. The third kappa shape index (κ3) is 7.22. The van der Waals surface area contributed by atoms with Crippen LogP contribution in [0.5, 0.6) is 0 Å². The van der Waals surface area contributed by atoms with Crippen LogP contribution in [-0.4, -0.2) is 47.2 Å². The molecule has 2 amide bonds. The predicted octanol–water partition coefficient (Wildman–Crippen LogP) is 3.90. The number of aryl methyl sites for hydroxylation is 1. The number of carbonyl (C=O) groups is 2. The van der Waals surface area contributed by atoms with Crippen LogP contribution in [0, 0.1) is 5.92 Å². The summed E-state index contributed by atoms with van der Waals surface area (Å²) in [7, 11) is 0. The molecular weight excluding hydrogens is 422 g/mol. The Balaban J connectivity index is 1.46. The number of aromatic nitrogens is 2. The summed E-state index contributed by atoms with van der Waals surface area (Å²) in [6, 6.07) is 9.99. The third-order valence-electron chi connectivity index (χ3n) is 5.58. The van der Waals surface area contributed by atoms with Gasteiger partial charge >= 0.3 is 0 Å². The number of amides is 2. The van der Waals surface area contributed by atoms with E-state index in [0.29, 0.717) is 6.54 Å². The molecule has 1 fully saturated rings. The highest BCUT2D eigenvalue weighted by molar-refractivity contribution is 7.99. The number of hydrogen-bond acceptors (Lipinski definition) is 6. The summed E-state index contributed by atoms with van der Waals surface area (Å²) < 4.78 is 0. The largest absolute Gasteiger partial charge is 0.356 e. The van der Waals surface area contributed by atoms with Gasteiger partial charge in [0.15, 0.2) is 0 Å². The molecule has 2 heterocycles. The van der Waals surface area contributed by atoms with Gasteiger partial charge in [0, 0.05) is 37.3 Å². The molecule has 0 unspecified atom stereocenters. The maximum Gasteiger partial charge on any atom is 0.234 e. The third-order valence-corrected chi connectivity index (χ3v) is 6.50. The maximum atomic E-state index is 12.4. The topological polar surface area (TPSA) is 87.2 Å². The number of carbonyl (C=O) groups excluding carboxylic acids is 2. The number of anilines is 2. The van der Waals surface area contributed by atoms with E-state index < -0.39 is 0 Å². The minimum Gasteiger partial charge on any atom is -0.356 e. The van der Waals surface area contributed by atoms with Gasteiger partial charge in [-0.25, -0.2) is 9.97 Å². The van der Waals surface area contributed by atoms with Gasteiger partial charge in [-0.15, -0.1) is 0 Å². The Hall–Kier alpha value is -2.61. The van der Waals surface area contributed by atoms with E-state index >= 15 is 0 Å². The van der Waals surface area contributed by atoms with Crippen molar-refractivity contribution in [3.05, 3.63) is 42.2 Å². The molecule has 1 aliphatic rings. The fourth-order valence-electron chi connectivity index (χ4n) is 3.74. The number of nitrogens with zero attached hydrogens (tertiary/aromatic N) is 3. The number of rotatable bonds is 10. The van der Waals surface area contributed by atoms with E-state index in [1.807, 2.05) is 25.1 Å². The van der Waals surface area contributed by atoms with Crippen LogP contribution in [0.4, 0.5) is 11.5 Å². The van der Waals surface area contributed by atoms with Crippen LogP contribution in [0.3, 0.4) is 0 Å². The molecule has 0 spiro atoms. The first-order valence-electron chi connectivity index (χ1n) is 11.4. The van der Waals surface area contributed by atoms with Gasteiger partial charge < -0.3 is 15.5 Å². The molecule has 32 heavy (non-hydrogen) atoms. The molecule has 3 rings (SSSR count). The van der Waals surface area contributed by atoms with Gasteiger partial charge in [-0.3, -0.25) is 9.59 Å². The van der Waals surface area contributed by atoms with Crippen LogP contribution < -0.4 is 15.5 Å². The van der Waals surface area contributed by atoms with Gasteiger partial charge in [-0.05, 0) is 50.3 Å². The number of nitrogens with one attached hydrogen (secondary N) is 2. The van der Waals surface area contributed by atoms with E-state index in [9.17, 15) is 9.59 Å². The summed E-state index contributed by atoms with van der Waals surface area (Å²) in [5.41, 5.74) is 2.11. The summed E-state index contributed by atoms with van der Waals surface area (Å²) >= 11 is 1.40. The van der Waals surface area contributed by atoms with Crippen molar-refractivity contribution in [1.29, 1.82) is 0 Å². The van der Waals surface area contributed by atoms with Crippen molar-refractivity contribution in [2.24, 2.45) is 5.92 Å². The number of piperidine rings is 1. The zero-order valence-electron chi connectivity index (χ0n) is 19.0. The Morgan fingerprint density at radius 3 is 2.56 bits per heavy atom. The van der Waals surface area contributed by atoms with Crippen LogP contribution in [-0.2, 0) is 16.0 Å². The second-order valence-corrected chi connectivity index (χ2v) is 9.00. The highest BCUT2D eigenvalue weighted by Gasteiger charge is 2.25. The summed E-state index contributed by atoms with van der Waals surface area (Å²) in [4.78, 5) is 35.3. The Kier molecular flexibility index (Phi) is 9.34. The average Bonchev–Trinajstić information content (AvgIpc) is 2.83. The molecule has 0 aliphatic carbocycles. The van der Waals surface area contributed by atoms with Gasteiger partial charge in [0.1, 0.15) is 17.2 Å². The smallest absolute Gasteiger partial charge is 0.234 e. The second-order valence-electron chi connectivity index (χ2n) is 8.01. The minimum atomic E-state index is -0.0563. The van der Waals surface area contributed by atoms with Gasteiger partial charge in [-0.1, -0.05) is 37.2 Å². The van der Waals surface area contributed by atoms with Crippen molar-refractivity contribution < 1.29 is 9.59 Å². The zero-order chi connectivity index (χ0) is 22.8. The molecule has 0 atom stereocenters. The predicted molar refractivity (Wildman–Crippen MR) is 130 cm³/mol. The Morgan fingerprint density at radius 2 is 1.88 bits per heavy atom. The number of unbranched alkanes of at least 4 members (excludes halogenated alkanes) is 1. The highest BCUT2D eigenvalue weighted by Crippen LogP contribution is 2.25. The molecule has 0 radical (unpaired) electrons. The van der Waals surface area contributed by atoms with E-state index in [4.69, 9.17) is 0 Å². The summed E-state index contributed by atoms with van der Waals surface area (Å²) in [5.74, 6) is 1.30. The Labute approximate surface area is 194 Å². The van der Waals surface area contributed by atoms with Crippen LogP contribution >= 0.6 is 11.8 Å². The van der Waals surface area contributed by atoms with Gasteiger partial charge in [0.05, 0.1) is 5.75 Å². The molecule has 1 aliphatic heterocycles. The number of hydrogen-bond donors (Lipinski definition) is 2. The lowest BCUT2D eigenvalue weighted by Gasteiger charge is -2.32. The van der Waals surface area contributed by atoms with Crippen LogP contribution in [0.15, 0.2) is 41.7 Å². The average molecular weight is 456 g/mol. The quantitative estimate of drug-likeness (QED) is 0.417. The maximum absolute atomic E-state index is 12.4. The first-order valence-corrected chi connectivity index (χ1v) is 12.4. The fourth-order valence-corrected chi connectivity index (χ4v) is 4.40. The van der Waals surface area contributed by atoms with E-state index in [1.165, 1.54) is 30.2 Å². The lowest BCUT2D eigenvalue weighted by atomic mass is 9.96. The molecular formula is C24H33N5O2S. The second kappa shape index (κ2) is 12.4. The van der Waals surface area contributed by atoms with Gasteiger partial charge in [0.2, 0.25) is 11.8 Å². The Morgan fingerprint density at radius 1 is 1.12 bits per heavy atom. The molecule has 1 saturated heterocycles.